The summed E-state index contributed by atoms with van der Waals surface area (Å²) in [5, 5.41) is 3.55. The van der Waals surface area contributed by atoms with Gasteiger partial charge in [-0.05, 0) is 48.3 Å². The lowest BCUT2D eigenvalue weighted by molar-refractivity contribution is 0.474. The van der Waals surface area contributed by atoms with Gasteiger partial charge in [0.25, 0.3) is 0 Å². The summed E-state index contributed by atoms with van der Waals surface area (Å²) in [4.78, 5) is 1.40. The van der Waals surface area contributed by atoms with Crippen molar-refractivity contribution in [3.8, 4) is 0 Å². The van der Waals surface area contributed by atoms with Gasteiger partial charge in [-0.1, -0.05) is 6.92 Å². The molecule has 0 saturated heterocycles. The van der Waals surface area contributed by atoms with Crippen molar-refractivity contribution < 1.29 is 0 Å². The highest BCUT2D eigenvalue weighted by atomic mass is 79.9. The molecule has 0 aliphatic carbocycles. The summed E-state index contributed by atoms with van der Waals surface area (Å²) in [6, 6.07) is 5.34. The third-order valence-electron chi connectivity index (χ3n) is 2.17. The highest BCUT2D eigenvalue weighted by Gasteiger charge is 2.09. The van der Waals surface area contributed by atoms with Crippen LogP contribution in [0.3, 0.4) is 0 Å². The molecule has 1 aromatic heterocycles. The summed E-state index contributed by atoms with van der Waals surface area (Å²) < 4.78 is 1.21. The van der Waals surface area contributed by atoms with Crippen molar-refractivity contribution in [2.24, 2.45) is 0 Å². The molecule has 0 amide bonds. The Morgan fingerprint density at radius 1 is 1.46 bits per heavy atom. The number of thiophene rings is 1. The lowest BCUT2D eigenvalue weighted by atomic mass is 10.2. The van der Waals surface area contributed by atoms with E-state index in [9.17, 15) is 0 Å². The Kier molecular flexibility index (Phi) is 4.42. The van der Waals surface area contributed by atoms with Gasteiger partial charge in [-0.3, -0.25) is 0 Å². The third-order valence-corrected chi connectivity index (χ3v) is 3.97. The fourth-order valence-electron chi connectivity index (χ4n) is 1.19. The summed E-state index contributed by atoms with van der Waals surface area (Å²) in [6.45, 7) is 6.64. The van der Waals surface area contributed by atoms with E-state index in [4.69, 9.17) is 0 Å². The molecule has 0 aromatic carbocycles. The minimum absolute atomic E-state index is 0.464. The summed E-state index contributed by atoms with van der Waals surface area (Å²) in [5.41, 5.74) is 0. The van der Waals surface area contributed by atoms with Crippen molar-refractivity contribution in [1.82, 2.24) is 5.32 Å². The zero-order chi connectivity index (χ0) is 9.84. The molecule has 0 aliphatic heterocycles. The molecule has 1 aromatic rings. The Balaban J connectivity index is 2.53. The van der Waals surface area contributed by atoms with Gasteiger partial charge >= 0.3 is 0 Å². The molecular weight excluding hydrogens is 246 g/mol. The lowest BCUT2D eigenvalue weighted by Gasteiger charge is -2.17. The fraction of sp³-hybridized carbons (Fsp3) is 0.600. The molecule has 13 heavy (non-hydrogen) atoms. The Hall–Kier alpha value is 0.140. The minimum atomic E-state index is 0.464. The molecule has 0 bridgehead atoms. The van der Waals surface area contributed by atoms with E-state index in [2.05, 4.69) is 54.2 Å². The molecule has 0 saturated carbocycles. The molecule has 1 N–H and O–H groups in total. The van der Waals surface area contributed by atoms with Crippen molar-refractivity contribution in [3.63, 3.8) is 0 Å². The van der Waals surface area contributed by atoms with Crippen LogP contribution in [0.1, 0.15) is 38.1 Å². The maximum Gasteiger partial charge on any atom is 0.0701 e. The van der Waals surface area contributed by atoms with Crippen LogP contribution < -0.4 is 5.32 Å². The predicted octanol–water partition coefficient (Wildman–Crippen LogP) is 3.96. The highest BCUT2D eigenvalue weighted by Crippen LogP contribution is 2.27. The van der Waals surface area contributed by atoms with Gasteiger partial charge in [0, 0.05) is 17.0 Å². The topological polar surface area (TPSA) is 12.0 Å². The molecule has 3 heteroatoms. The van der Waals surface area contributed by atoms with Gasteiger partial charge in [0.1, 0.15) is 0 Å². The Morgan fingerprint density at radius 2 is 2.15 bits per heavy atom. The molecule has 0 spiro atoms. The van der Waals surface area contributed by atoms with Crippen LogP contribution >= 0.6 is 27.3 Å². The van der Waals surface area contributed by atoms with Crippen LogP contribution in [-0.2, 0) is 0 Å². The smallest absolute Gasteiger partial charge is 0.0701 e. The molecular formula is C10H16BrNS. The zero-order valence-corrected chi connectivity index (χ0v) is 10.7. The number of hydrogen-bond acceptors (Lipinski definition) is 2. The monoisotopic (exact) mass is 261 g/mol. The molecule has 1 heterocycles. The second-order valence-electron chi connectivity index (χ2n) is 3.34. The number of hydrogen-bond donors (Lipinski definition) is 1. The van der Waals surface area contributed by atoms with E-state index >= 15 is 0 Å². The lowest BCUT2D eigenvalue weighted by Crippen LogP contribution is -2.27. The first-order chi connectivity index (χ1) is 6.13. The Bertz CT molecular complexity index is 259. The molecule has 0 aliphatic rings. The fourth-order valence-corrected chi connectivity index (χ4v) is 2.62. The number of rotatable bonds is 4. The second-order valence-corrected chi connectivity index (χ2v) is 5.83. The average molecular weight is 262 g/mol. The van der Waals surface area contributed by atoms with Crippen molar-refractivity contribution in [3.05, 3.63) is 20.8 Å². The van der Waals surface area contributed by atoms with Crippen LogP contribution in [0, 0.1) is 0 Å². The Labute approximate surface area is 92.7 Å². The van der Waals surface area contributed by atoms with Crippen LogP contribution in [0.5, 0.6) is 0 Å². The molecule has 0 fully saturated rings. The zero-order valence-electron chi connectivity index (χ0n) is 8.30. The normalized spacial score (nSPS) is 15.7. The first-order valence-corrected chi connectivity index (χ1v) is 6.25. The summed E-state index contributed by atoms with van der Waals surface area (Å²) in [5.74, 6) is 0. The maximum absolute atomic E-state index is 3.55. The Morgan fingerprint density at radius 3 is 2.62 bits per heavy atom. The van der Waals surface area contributed by atoms with Gasteiger partial charge < -0.3 is 5.32 Å². The number of nitrogens with one attached hydrogen (secondary N) is 1. The van der Waals surface area contributed by atoms with Crippen LogP contribution in [0.25, 0.3) is 0 Å². The van der Waals surface area contributed by atoms with Gasteiger partial charge in [0.2, 0.25) is 0 Å². The average Bonchev–Trinajstić information content (AvgIpc) is 2.51. The minimum Gasteiger partial charge on any atom is -0.307 e. The second kappa shape index (κ2) is 5.13. The van der Waals surface area contributed by atoms with Gasteiger partial charge in [0.05, 0.1) is 3.79 Å². The van der Waals surface area contributed by atoms with Crippen LogP contribution in [0.15, 0.2) is 15.9 Å². The molecule has 2 atom stereocenters. The molecule has 2 unspecified atom stereocenters. The summed E-state index contributed by atoms with van der Waals surface area (Å²) in [6.07, 6.45) is 1.18. The number of halogens is 1. The summed E-state index contributed by atoms with van der Waals surface area (Å²) >= 11 is 5.28. The van der Waals surface area contributed by atoms with Gasteiger partial charge in [-0.2, -0.15) is 0 Å². The molecule has 1 rings (SSSR count). The quantitative estimate of drug-likeness (QED) is 0.866. The van der Waals surface area contributed by atoms with E-state index in [1.54, 1.807) is 11.3 Å². The standard InChI is InChI=1S/C10H16BrNS/c1-4-7(2)12-8(3)9-5-6-10(11)13-9/h5-8,12H,4H2,1-3H3. The van der Waals surface area contributed by atoms with E-state index in [0.29, 0.717) is 12.1 Å². The van der Waals surface area contributed by atoms with Crippen LogP contribution in [0.2, 0.25) is 0 Å². The highest BCUT2D eigenvalue weighted by molar-refractivity contribution is 9.11. The largest absolute Gasteiger partial charge is 0.307 e. The van der Waals surface area contributed by atoms with Crippen molar-refractivity contribution >= 4 is 27.3 Å². The SMILES string of the molecule is CCC(C)NC(C)c1ccc(Br)s1. The molecule has 1 nitrogen and oxygen atoms in total. The van der Waals surface area contributed by atoms with Crippen LogP contribution in [-0.4, -0.2) is 6.04 Å². The van der Waals surface area contributed by atoms with Gasteiger partial charge in [0.15, 0.2) is 0 Å². The van der Waals surface area contributed by atoms with E-state index in [-0.39, 0.29) is 0 Å². The predicted molar refractivity (Wildman–Crippen MR) is 63.3 cm³/mol. The van der Waals surface area contributed by atoms with E-state index in [1.165, 1.54) is 15.1 Å². The van der Waals surface area contributed by atoms with Crippen molar-refractivity contribution in [2.75, 3.05) is 0 Å². The molecule has 0 radical (unpaired) electrons. The first-order valence-electron chi connectivity index (χ1n) is 4.64. The van der Waals surface area contributed by atoms with Gasteiger partial charge in [-0.15, -0.1) is 11.3 Å². The van der Waals surface area contributed by atoms with E-state index in [1.807, 2.05) is 0 Å². The van der Waals surface area contributed by atoms with E-state index in [0.717, 1.165) is 0 Å². The van der Waals surface area contributed by atoms with Crippen molar-refractivity contribution in [2.45, 2.75) is 39.3 Å². The molecule has 74 valence electrons. The van der Waals surface area contributed by atoms with Crippen molar-refractivity contribution in [1.29, 1.82) is 0 Å². The first kappa shape index (κ1) is 11.2. The third kappa shape index (κ3) is 3.41. The van der Waals surface area contributed by atoms with E-state index < -0.39 is 0 Å². The van der Waals surface area contributed by atoms with Gasteiger partial charge in [-0.25, -0.2) is 0 Å². The van der Waals surface area contributed by atoms with Crippen LogP contribution in [0.4, 0.5) is 0 Å². The summed E-state index contributed by atoms with van der Waals surface area (Å²) in [7, 11) is 0. The maximum atomic E-state index is 3.55.